The van der Waals surface area contributed by atoms with Crippen LogP contribution < -0.4 is 10.5 Å². The minimum Gasteiger partial charge on any atom is -0.416 e. The summed E-state index contributed by atoms with van der Waals surface area (Å²) >= 11 is 1.04. The first-order valence-electron chi connectivity index (χ1n) is 6.19. The molecule has 0 spiro atoms. The van der Waals surface area contributed by atoms with Crippen LogP contribution in [0.15, 0.2) is 18.2 Å². The van der Waals surface area contributed by atoms with Crippen molar-refractivity contribution in [2.24, 2.45) is 0 Å². The van der Waals surface area contributed by atoms with Crippen LogP contribution in [0.3, 0.4) is 0 Å². The van der Waals surface area contributed by atoms with Crippen LogP contribution in [-0.4, -0.2) is 11.0 Å². The van der Waals surface area contributed by atoms with Gasteiger partial charge in [-0.1, -0.05) is 11.3 Å². The number of hydrogen-bond acceptors (Lipinski definition) is 5. The predicted octanol–water partition coefficient (Wildman–Crippen LogP) is 3.79. The van der Waals surface area contributed by atoms with Gasteiger partial charge in [-0.05, 0) is 18.2 Å². The number of thiazole rings is 1. The van der Waals surface area contributed by atoms with Gasteiger partial charge in [-0.2, -0.15) is 8.78 Å². The number of hydrogen-bond donors (Lipinski definition) is 1. The van der Waals surface area contributed by atoms with Crippen molar-refractivity contribution >= 4 is 32.7 Å². The first-order chi connectivity index (χ1) is 11.3. The third kappa shape index (κ3) is 2.54. The Hall–Kier alpha value is -2.75. The second-order valence-electron chi connectivity index (χ2n) is 4.52. The summed E-state index contributed by atoms with van der Waals surface area (Å²) in [6.07, 6.45) is 0. The van der Waals surface area contributed by atoms with Crippen LogP contribution in [0.4, 0.5) is 27.1 Å². The maximum Gasteiger partial charge on any atom is 0.343 e. The minimum absolute atomic E-state index is 0.171. The Balaban J connectivity index is 2.00. The Morgan fingerprint density at radius 3 is 2.21 bits per heavy atom. The molecule has 3 aromatic rings. The Morgan fingerprint density at radius 2 is 1.58 bits per heavy atom. The third-order valence-electron chi connectivity index (χ3n) is 3.00. The molecule has 0 bridgehead atoms. The predicted molar refractivity (Wildman–Crippen MR) is 75.2 cm³/mol. The van der Waals surface area contributed by atoms with Gasteiger partial charge in [-0.15, -0.1) is 0 Å². The van der Waals surface area contributed by atoms with Crippen LogP contribution in [-0.2, 0) is 0 Å². The normalized spacial score (nSPS) is 11.0. The summed E-state index contributed by atoms with van der Waals surface area (Å²) in [4.78, 5) is 15.9. The van der Waals surface area contributed by atoms with Gasteiger partial charge in [0.1, 0.15) is 0 Å². The summed E-state index contributed by atoms with van der Waals surface area (Å²) in [5.41, 5.74) is 5.81. The maximum absolute atomic E-state index is 13.5. The summed E-state index contributed by atoms with van der Waals surface area (Å²) in [6.45, 7) is 0. The van der Waals surface area contributed by atoms with E-state index in [-0.39, 0.29) is 10.7 Å². The van der Waals surface area contributed by atoms with Crippen LogP contribution >= 0.6 is 11.3 Å². The molecule has 0 saturated carbocycles. The molecule has 4 nitrogen and oxygen atoms in total. The fraction of sp³-hybridized carbons (Fsp3) is 0. The number of aromatic nitrogens is 1. The van der Waals surface area contributed by atoms with Crippen LogP contribution in [0, 0.1) is 29.1 Å². The highest BCUT2D eigenvalue weighted by molar-refractivity contribution is 7.22. The van der Waals surface area contributed by atoms with Crippen molar-refractivity contribution in [2.75, 3.05) is 5.73 Å². The number of nitrogens with zero attached hydrogens (tertiary/aromatic N) is 1. The van der Waals surface area contributed by atoms with Gasteiger partial charge in [0, 0.05) is 0 Å². The molecular weight excluding hydrogens is 355 g/mol. The van der Waals surface area contributed by atoms with E-state index in [9.17, 15) is 26.7 Å². The number of carbonyl (C=O) groups excluding carboxylic acids is 1. The summed E-state index contributed by atoms with van der Waals surface area (Å²) in [5, 5.41) is 0.232. The van der Waals surface area contributed by atoms with Crippen molar-refractivity contribution in [3.05, 3.63) is 52.8 Å². The Morgan fingerprint density at radius 1 is 1.00 bits per heavy atom. The highest BCUT2D eigenvalue weighted by atomic mass is 32.1. The lowest BCUT2D eigenvalue weighted by atomic mass is 10.2. The standard InChI is InChI=1S/C14H5F5N2O2S/c15-7-8(16)10(18)12(11(19)9(7)17)23-13(22)4-1-2-5-6(3-4)24-14(20)21-5/h1-3H,(H2,20,21). The average Bonchev–Trinajstić information content (AvgIpc) is 2.94. The van der Waals surface area contributed by atoms with E-state index in [1.807, 2.05) is 0 Å². The van der Waals surface area contributed by atoms with Gasteiger partial charge in [0.2, 0.25) is 34.8 Å². The summed E-state index contributed by atoms with van der Waals surface area (Å²) in [5.74, 6) is -14.2. The van der Waals surface area contributed by atoms with Crippen molar-refractivity contribution in [1.82, 2.24) is 4.98 Å². The fourth-order valence-corrected chi connectivity index (χ4v) is 2.67. The second kappa shape index (κ2) is 5.71. The number of rotatable bonds is 2. The molecule has 1 aromatic heterocycles. The van der Waals surface area contributed by atoms with Gasteiger partial charge in [-0.3, -0.25) is 0 Å². The first-order valence-corrected chi connectivity index (χ1v) is 7.01. The first kappa shape index (κ1) is 16.1. The van der Waals surface area contributed by atoms with E-state index in [2.05, 4.69) is 9.72 Å². The molecule has 0 aliphatic rings. The monoisotopic (exact) mass is 360 g/mol. The lowest BCUT2D eigenvalue weighted by molar-refractivity contribution is 0.0716. The second-order valence-corrected chi connectivity index (χ2v) is 5.59. The highest BCUT2D eigenvalue weighted by Crippen LogP contribution is 2.30. The van der Waals surface area contributed by atoms with Crippen molar-refractivity contribution < 1.29 is 31.5 Å². The third-order valence-corrected chi connectivity index (χ3v) is 3.85. The molecule has 1 heterocycles. The molecule has 2 aromatic carbocycles. The number of anilines is 1. The fourth-order valence-electron chi connectivity index (χ4n) is 1.90. The minimum atomic E-state index is -2.34. The summed E-state index contributed by atoms with van der Waals surface area (Å²) in [6, 6.07) is 3.89. The Bertz CT molecular complexity index is 960. The van der Waals surface area contributed by atoms with Gasteiger partial charge in [0.25, 0.3) is 0 Å². The van der Waals surface area contributed by atoms with Crippen LogP contribution in [0.2, 0.25) is 0 Å². The Kier molecular flexibility index (Phi) is 3.84. The molecule has 10 heteroatoms. The molecule has 24 heavy (non-hydrogen) atoms. The molecule has 0 aliphatic heterocycles. The van der Waals surface area contributed by atoms with E-state index in [4.69, 9.17) is 5.73 Å². The molecule has 3 rings (SSSR count). The average molecular weight is 360 g/mol. The number of fused-ring (bicyclic) bond motifs is 1. The molecule has 0 aliphatic carbocycles. The molecular formula is C14H5F5N2O2S. The molecule has 0 radical (unpaired) electrons. The van der Waals surface area contributed by atoms with Crippen LogP contribution in [0.25, 0.3) is 10.2 Å². The molecule has 0 atom stereocenters. The van der Waals surface area contributed by atoms with Gasteiger partial charge in [-0.25, -0.2) is 22.9 Å². The van der Waals surface area contributed by atoms with Gasteiger partial charge < -0.3 is 10.5 Å². The number of carbonyl (C=O) groups is 1. The quantitative estimate of drug-likeness (QED) is 0.248. The van der Waals surface area contributed by atoms with Crippen LogP contribution in [0.5, 0.6) is 5.75 Å². The topological polar surface area (TPSA) is 65.2 Å². The summed E-state index contributed by atoms with van der Waals surface area (Å²) in [7, 11) is 0. The number of ether oxygens (including phenoxy) is 1. The Labute approximate surface area is 134 Å². The van der Waals surface area contributed by atoms with E-state index >= 15 is 0 Å². The number of esters is 1. The van der Waals surface area contributed by atoms with E-state index in [0.29, 0.717) is 10.2 Å². The van der Waals surface area contributed by atoms with Crippen molar-refractivity contribution in [2.45, 2.75) is 0 Å². The molecule has 0 unspecified atom stereocenters. The lowest BCUT2D eigenvalue weighted by Gasteiger charge is -2.08. The molecule has 0 amide bonds. The van der Waals surface area contributed by atoms with E-state index in [0.717, 1.165) is 11.3 Å². The van der Waals surface area contributed by atoms with Crippen molar-refractivity contribution in [1.29, 1.82) is 0 Å². The number of nitrogens with two attached hydrogens (primary N) is 1. The number of halogens is 5. The van der Waals surface area contributed by atoms with E-state index < -0.39 is 40.8 Å². The SMILES string of the molecule is Nc1nc2ccc(C(=O)Oc3c(F)c(F)c(F)c(F)c3F)cc2s1. The highest BCUT2D eigenvalue weighted by Gasteiger charge is 2.29. The van der Waals surface area contributed by atoms with E-state index in [1.54, 1.807) is 0 Å². The largest absolute Gasteiger partial charge is 0.416 e. The summed E-state index contributed by atoms with van der Waals surface area (Å²) < 4.78 is 71.0. The van der Waals surface area contributed by atoms with Gasteiger partial charge in [0.05, 0.1) is 15.8 Å². The molecule has 124 valence electrons. The van der Waals surface area contributed by atoms with Crippen LogP contribution in [0.1, 0.15) is 10.4 Å². The van der Waals surface area contributed by atoms with Gasteiger partial charge in [0.15, 0.2) is 5.13 Å². The van der Waals surface area contributed by atoms with Crippen molar-refractivity contribution in [3.8, 4) is 5.75 Å². The lowest BCUT2D eigenvalue weighted by Crippen LogP contribution is -2.13. The maximum atomic E-state index is 13.5. The molecule has 2 N–H and O–H groups in total. The molecule has 0 fully saturated rings. The number of benzene rings is 2. The zero-order chi connectivity index (χ0) is 17.6. The zero-order valence-corrected chi connectivity index (χ0v) is 12.2. The zero-order valence-electron chi connectivity index (χ0n) is 11.4. The van der Waals surface area contributed by atoms with E-state index in [1.165, 1.54) is 18.2 Å². The van der Waals surface area contributed by atoms with Crippen molar-refractivity contribution in [3.63, 3.8) is 0 Å². The number of nitrogen functional groups attached to an aromatic ring is 1. The smallest absolute Gasteiger partial charge is 0.343 e. The molecule has 0 saturated heterocycles. The van der Waals surface area contributed by atoms with Gasteiger partial charge >= 0.3 is 5.97 Å².